The molecule has 2 aromatic rings. The average molecular weight is 466 g/mol. The maximum atomic E-state index is 12.0. The Balaban J connectivity index is 2.23. The van der Waals surface area contributed by atoms with Gasteiger partial charge in [-0.15, -0.1) is 0 Å². The third-order valence-corrected chi connectivity index (χ3v) is 4.27. The maximum Gasteiger partial charge on any atom is 0.410 e. The average Bonchev–Trinajstić information content (AvgIpc) is 2.69. The van der Waals surface area contributed by atoms with Crippen molar-refractivity contribution in [2.75, 3.05) is 20.2 Å². The van der Waals surface area contributed by atoms with Crippen LogP contribution in [0.25, 0.3) is 11.1 Å². The van der Waals surface area contributed by atoms with Crippen LogP contribution in [0.5, 0.6) is 5.75 Å². The highest BCUT2D eigenvalue weighted by Crippen LogP contribution is 2.39. The highest BCUT2D eigenvalue weighted by molar-refractivity contribution is 6.28. The van der Waals surface area contributed by atoms with Crippen LogP contribution in [0.1, 0.15) is 37.6 Å². The molecule has 0 atom stereocenters. The normalized spacial score (nSPS) is 11.0. The SMILES string of the molecule is CN(CCCOc1cc(C(N)=O)cc(-c2cnc(Cl)nc2)c1[N+](=O)[O-])C(=O)OC(C)(C)C. The van der Waals surface area contributed by atoms with E-state index in [1.165, 1.54) is 29.4 Å². The van der Waals surface area contributed by atoms with Crippen molar-refractivity contribution in [1.82, 2.24) is 14.9 Å². The second-order valence-electron chi connectivity index (χ2n) is 7.84. The zero-order valence-electron chi connectivity index (χ0n) is 18.1. The first kappa shape index (κ1) is 24.8. The summed E-state index contributed by atoms with van der Waals surface area (Å²) in [7, 11) is 1.57. The minimum atomic E-state index is -0.787. The molecule has 2 amide bonds. The molecule has 0 bridgehead atoms. The van der Waals surface area contributed by atoms with Gasteiger partial charge in [-0.3, -0.25) is 14.9 Å². The van der Waals surface area contributed by atoms with E-state index in [4.69, 9.17) is 26.8 Å². The Hall–Kier alpha value is -3.47. The number of aromatic nitrogens is 2. The van der Waals surface area contributed by atoms with Crippen molar-refractivity contribution < 1.29 is 24.0 Å². The van der Waals surface area contributed by atoms with Crippen LogP contribution in [0, 0.1) is 10.1 Å². The van der Waals surface area contributed by atoms with E-state index in [1.807, 2.05) is 0 Å². The summed E-state index contributed by atoms with van der Waals surface area (Å²) in [5, 5.41) is 11.8. The van der Waals surface area contributed by atoms with Gasteiger partial charge in [-0.1, -0.05) is 0 Å². The minimum Gasteiger partial charge on any atom is -0.487 e. The van der Waals surface area contributed by atoms with Gasteiger partial charge in [0.05, 0.1) is 17.1 Å². The second kappa shape index (κ2) is 10.2. The van der Waals surface area contributed by atoms with Crippen molar-refractivity contribution in [3.63, 3.8) is 0 Å². The van der Waals surface area contributed by atoms with E-state index in [2.05, 4.69) is 9.97 Å². The van der Waals surface area contributed by atoms with Crippen LogP contribution in [-0.2, 0) is 4.74 Å². The zero-order chi connectivity index (χ0) is 24.1. The first-order chi connectivity index (χ1) is 14.9. The number of amides is 2. The van der Waals surface area contributed by atoms with Gasteiger partial charge >= 0.3 is 11.8 Å². The highest BCUT2D eigenvalue weighted by Gasteiger charge is 2.26. The van der Waals surface area contributed by atoms with Gasteiger partial charge in [0.1, 0.15) is 5.60 Å². The Labute approximate surface area is 189 Å². The number of halogens is 1. The number of ether oxygens (including phenoxy) is 2. The fourth-order valence-electron chi connectivity index (χ4n) is 2.63. The van der Waals surface area contributed by atoms with E-state index in [-0.39, 0.29) is 46.6 Å². The van der Waals surface area contributed by atoms with Gasteiger partial charge in [0, 0.05) is 43.2 Å². The summed E-state index contributed by atoms with van der Waals surface area (Å²) in [6, 6.07) is 2.48. The van der Waals surface area contributed by atoms with Crippen LogP contribution in [0.3, 0.4) is 0 Å². The molecule has 0 aliphatic carbocycles. The molecule has 0 saturated heterocycles. The minimum absolute atomic E-state index is 0.0152. The fraction of sp³-hybridized carbons (Fsp3) is 0.400. The van der Waals surface area contributed by atoms with Crippen LogP contribution in [0.15, 0.2) is 24.5 Å². The van der Waals surface area contributed by atoms with Gasteiger partial charge < -0.3 is 20.1 Å². The summed E-state index contributed by atoms with van der Waals surface area (Å²) < 4.78 is 10.9. The van der Waals surface area contributed by atoms with Crippen LogP contribution in [0.2, 0.25) is 5.28 Å². The maximum absolute atomic E-state index is 12.0. The van der Waals surface area contributed by atoms with E-state index >= 15 is 0 Å². The molecule has 0 aliphatic heterocycles. The van der Waals surface area contributed by atoms with Gasteiger partial charge in [-0.05, 0) is 44.9 Å². The number of primary amides is 1. The van der Waals surface area contributed by atoms with Crippen LogP contribution < -0.4 is 10.5 Å². The summed E-state index contributed by atoms with van der Waals surface area (Å²) in [5.74, 6) is -0.929. The largest absolute Gasteiger partial charge is 0.487 e. The van der Waals surface area contributed by atoms with Gasteiger partial charge in [0.25, 0.3) is 0 Å². The molecule has 2 N–H and O–H groups in total. The number of carbonyl (C=O) groups is 2. The molecule has 0 radical (unpaired) electrons. The Bertz CT molecular complexity index is 1010. The monoisotopic (exact) mass is 465 g/mol. The lowest BCUT2D eigenvalue weighted by Crippen LogP contribution is -2.35. The molecule has 1 heterocycles. The summed E-state index contributed by atoms with van der Waals surface area (Å²) in [6.45, 7) is 5.60. The molecule has 2 rings (SSSR count). The standard InChI is InChI=1S/C20H24ClN5O6/c1-20(2,3)32-19(28)25(4)6-5-7-31-15-9-12(17(22)27)8-14(16(15)26(29)30)13-10-23-18(21)24-11-13/h8-11H,5-7H2,1-4H3,(H2,22,27). The number of hydrogen-bond acceptors (Lipinski definition) is 8. The molecule has 0 saturated carbocycles. The number of nitro benzene ring substituents is 1. The third kappa shape index (κ3) is 6.77. The quantitative estimate of drug-likeness (QED) is 0.269. The van der Waals surface area contributed by atoms with E-state index in [0.717, 1.165) is 0 Å². The van der Waals surface area contributed by atoms with Crippen molar-refractivity contribution in [2.24, 2.45) is 5.73 Å². The number of hydrogen-bond donors (Lipinski definition) is 1. The summed E-state index contributed by atoms with van der Waals surface area (Å²) in [4.78, 5) is 44.0. The second-order valence-corrected chi connectivity index (χ2v) is 8.17. The van der Waals surface area contributed by atoms with Crippen molar-refractivity contribution in [3.8, 4) is 16.9 Å². The number of nitrogens with two attached hydrogens (primary N) is 1. The predicted octanol–water partition coefficient (Wildman–Crippen LogP) is 3.44. The molecule has 32 heavy (non-hydrogen) atoms. The Morgan fingerprint density at radius 1 is 1.25 bits per heavy atom. The molecule has 1 aromatic carbocycles. The topological polar surface area (TPSA) is 151 Å². The molecule has 0 fully saturated rings. The smallest absolute Gasteiger partial charge is 0.410 e. The molecule has 0 spiro atoms. The summed E-state index contributed by atoms with van der Waals surface area (Å²) in [6.07, 6.45) is 2.45. The highest BCUT2D eigenvalue weighted by atomic mass is 35.5. The Kier molecular flexibility index (Phi) is 7.92. The Morgan fingerprint density at radius 2 is 1.88 bits per heavy atom. The fourth-order valence-corrected chi connectivity index (χ4v) is 2.73. The molecule has 11 nitrogen and oxygen atoms in total. The molecular formula is C20H24ClN5O6. The van der Waals surface area contributed by atoms with E-state index in [0.29, 0.717) is 6.42 Å². The van der Waals surface area contributed by atoms with Crippen molar-refractivity contribution in [2.45, 2.75) is 32.8 Å². The number of benzene rings is 1. The lowest BCUT2D eigenvalue weighted by atomic mass is 10.0. The number of nitro groups is 1. The van der Waals surface area contributed by atoms with Gasteiger partial charge in [-0.25, -0.2) is 14.8 Å². The molecule has 0 unspecified atom stereocenters. The Morgan fingerprint density at radius 3 is 2.41 bits per heavy atom. The lowest BCUT2D eigenvalue weighted by molar-refractivity contribution is -0.385. The zero-order valence-corrected chi connectivity index (χ0v) is 18.9. The summed E-state index contributed by atoms with van der Waals surface area (Å²) in [5.41, 5.74) is 4.72. The van der Waals surface area contributed by atoms with Gasteiger partial charge in [-0.2, -0.15) is 0 Å². The summed E-state index contributed by atoms with van der Waals surface area (Å²) >= 11 is 5.69. The molecule has 0 aliphatic rings. The predicted molar refractivity (Wildman–Crippen MR) is 117 cm³/mol. The van der Waals surface area contributed by atoms with Gasteiger partial charge in [0.2, 0.25) is 11.2 Å². The third-order valence-electron chi connectivity index (χ3n) is 4.07. The van der Waals surface area contributed by atoms with E-state index < -0.39 is 22.5 Å². The van der Waals surface area contributed by atoms with Crippen LogP contribution in [0.4, 0.5) is 10.5 Å². The first-order valence-electron chi connectivity index (χ1n) is 9.56. The molecule has 172 valence electrons. The van der Waals surface area contributed by atoms with Crippen LogP contribution >= 0.6 is 11.6 Å². The molecule has 1 aromatic heterocycles. The number of nitrogens with zero attached hydrogens (tertiary/aromatic N) is 4. The first-order valence-corrected chi connectivity index (χ1v) is 9.94. The van der Waals surface area contributed by atoms with Crippen LogP contribution in [-0.4, -0.2) is 57.6 Å². The number of carbonyl (C=O) groups excluding carboxylic acids is 2. The lowest BCUT2D eigenvalue weighted by Gasteiger charge is -2.24. The van der Waals surface area contributed by atoms with Crippen molar-refractivity contribution in [3.05, 3.63) is 45.5 Å². The van der Waals surface area contributed by atoms with E-state index in [1.54, 1.807) is 27.8 Å². The molecule has 12 heteroatoms. The van der Waals surface area contributed by atoms with Crippen molar-refractivity contribution in [1.29, 1.82) is 0 Å². The van der Waals surface area contributed by atoms with Gasteiger partial charge in [0.15, 0.2) is 5.75 Å². The van der Waals surface area contributed by atoms with E-state index in [9.17, 15) is 19.7 Å². The number of rotatable bonds is 8. The van der Waals surface area contributed by atoms with Crippen molar-refractivity contribution >= 4 is 29.3 Å². The molecular weight excluding hydrogens is 442 g/mol.